The second-order valence-electron chi connectivity index (χ2n) is 4.66. The molecule has 2 heterocycles. The molecule has 0 spiro atoms. The lowest BCUT2D eigenvalue weighted by Gasteiger charge is -2.13. The van der Waals surface area contributed by atoms with E-state index in [1.54, 1.807) is 6.33 Å². The van der Waals surface area contributed by atoms with Crippen molar-refractivity contribution in [3.63, 3.8) is 0 Å². The van der Waals surface area contributed by atoms with Crippen molar-refractivity contribution in [3.8, 4) is 0 Å². The van der Waals surface area contributed by atoms with Crippen LogP contribution in [0.15, 0.2) is 30.6 Å². The fourth-order valence-corrected chi connectivity index (χ4v) is 1.98. The lowest BCUT2D eigenvalue weighted by molar-refractivity contribution is 1.04. The van der Waals surface area contributed by atoms with Crippen LogP contribution in [0, 0.1) is 20.8 Å². The van der Waals surface area contributed by atoms with Crippen molar-refractivity contribution >= 4 is 17.3 Å². The van der Waals surface area contributed by atoms with Gasteiger partial charge in [0.15, 0.2) is 0 Å². The first-order chi connectivity index (χ1) is 9.15. The molecule has 1 N–H and O–H groups in total. The Labute approximate surface area is 111 Å². The van der Waals surface area contributed by atoms with Gasteiger partial charge in [0.25, 0.3) is 5.78 Å². The highest BCUT2D eigenvalue weighted by Gasteiger charge is 2.10. The van der Waals surface area contributed by atoms with Crippen molar-refractivity contribution in [1.82, 2.24) is 19.6 Å². The lowest BCUT2D eigenvalue weighted by atomic mass is 10.2. The molecule has 19 heavy (non-hydrogen) atoms. The highest BCUT2D eigenvalue weighted by atomic mass is 15.3. The molecule has 0 saturated heterocycles. The summed E-state index contributed by atoms with van der Waals surface area (Å²) in [6, 6.07) is 8.27. The van der Waals surface area contributed by atoms with Crippen molar-refractivity contribution in [1.29, 1.82) is 0 Å². The number of nitrogens with one attached hydrogen (secondary N) is 1. The van der Waals surface area contributed by atoms with Gasteiger partial charge in [-0.15, -0.1) is 10.2 Å². The summed E-state index contributed by atoms with van der Waals surface area (Å²) in [6.07, 6.45) is 1.67. The molecule has 0 aliphatic carbocycles. The zero-order valence-corrected chi connectivity index (χ0v) is 11.2. The van der Waals surface area contributed by atoms with Gasteiger partial charge in [-0.3, -0.25) is 4.40 Å². The highest BCUT2D eigenvalue weighted by Crippen LogP contribution is 2.22. The number of benzene rings is 1. The number of anilines is 2. The van der Waals surface area contributed by atoms with Gasteiger partial charge in [0.05, 0.1) is 0 Å². The Morgan fingerprint density at radius 2 is 1.79 bits per heavy atom. The fraction of sp³-hybridized carbons (Fsp3) is 0.214. The quantitative estimate of drug-likeness (QED) is 0.763. The molecule has 0 fully saturated rings. The zero-order chi connectivity index (χ0) is 13.4. The molecule has 5 nitrogen and oxygen atoms in total. The summed E-state index contributed by atoms with van der Waals surface area (Å²) in [6.45, 7) is 6.09. The van der Waals surface area contributed by atoms with Crippen molar-refractivity contribution in [3.05, 3.63) is 47.4 Å². The molecule has 3 aromatic rings. The number of aryl methyl sites for hydroxylation is 2. The molecule has 0 unspecified atom stereocenters. The van der Waals surface area contributed by atoms with Gasteiger partial charge >= 0.3 is 0 Å². The van der Waals surface area contributed by atoms with E-state index < -0.39 is 0 Å². The molecule has 96 valence electrons. The van der Waals surface area contributed by atoms with Crippen molar-refractivity contribution in [2.45, 2.75) is 20.8 Å². The fourth-order valence-electron chi connectivity index (χ4n) is 1.98. The second kappa shape index (κ2) is 4.35. The van der Waals surface area contributed by atoms with Gasteiger partial charge in [-0.1, -0.05) is 17.7 Å². The maximum absolute atomic E-state index is 4.40. The van der Waals surface area contributed by atoms with E-state index in [0.717, 1.165) is 22.8 Å². The Bertz CT molecular complexity index is 727. The van der Waals surface area contributed by atoms with Gasteiger partial charge < -0.3 is 5.32 Å². The molecular formula is C14H15N5. The molecule has 3 rings (SSSR count). The molecular weight excluding hydrogens is 238 g/mol. The minimum Gasteiger partial charge on any atom is -0.341 e. The Kier molecular flexibility index (Phi) is 2.67. The van der Waals surface area contributed by atoms with Gasteiger partial charge in [-0.05, 0) is 32.9 Å². The largest absolute Gasteiger partial charge is 0.341 e. The van der Waals surface area contributed by atoms with Gasteiger partial charge in [0.2, 0.25) is 0 Å². The van der Waals surface area contributed by atoms with E-state index in [4.69, 9.17) is 0 Å². The first-order valence-electron chi connectivity index (χ1n) is 6.16. The van der Waals surface area contributed by atoms with E-state index in [-0.39, 0.29) is 0 Å². The van der Waals surface area contributed by atoms with Crippen LogP contribution in [0.1, 0.15) is 16.8 Å². The summed E-state index contributed by atoms with van der Waals surface area (Å²) in [5.74, 6) is 1.56. The molecule has 1 aromatic carbocycles. The average molecular weight is 253 g/mol. The van der Waals surface area contributed by atoms with Crippen molar-refractivity contribution in [2.75, 3.05) is 5.32 Å². The number of aromatic nitrogens is 4. The monoisotopic (exact) mass is 253 g/mol. The number of rotatable bonds is 2. The van der Waals surface area contributed by atoms with Crippen LogP contribution in [0.4, 0.5) is 11.5 Å². The number of fused-ring (bicyclic) bond motifs is 1. The van der Waals surface area contributed by atoms with Crippen LogP contribution in [-0.2, 0) is 0 Å². The maximum Gasteiger partial charge on any atom is 0.256 e. The van der Waals surface area contributed by atoms with E-state index in [2.05, 4.69) is 51.7 Å². The third kappa shape index (κ3) is 2.03. The summed E-state index contributed by atoms with van der Waals surface area (Å²) < 4.78 is 1.86. The third-order valence-corrected chi connectivity index (χ3v) is 3.25. The average Bonchev–Trinajstić information content (AvgIpc) is 2.85. The van der Waals surface area contributed by atoms with E-state index in [0.29, 0.717) is 5.78 Å². The third-order valence-electron chi connectivity index (χ3n) is 3.25. The Hall–Kier alpha value is -2.43. The molecule has 0 saturated carbocycles. The molecule has 0 bridgehead atoms. The second-order valence-corrected chi connectivity index (χ2v) is 4.66. The number of hydrogen-bond acceptors (Lipinski definition) is 4. The Morgan fingerprint density at radius 1 is 1.05 bits per heavy atom. The number of nitrogens with zero attached hydrogens (tertiary/aromatic N) is 4. The predicted octanol–water partition coefficient (Wildman–Crippen LogP) is 2.79. The van der Waals surface area contributed by atoms with Crippen molar-refractivity contribution in [2.24, 2.45) is 0 Å². The van der Waals surface area contributed by atoms with Gasteiger partial charge in [0, 0.05) is 16.9 Å². The van der Waals surface area contributed by atoms with Gasteiger partial charge in [-0.25, -0.2) is 4.98 Å². The normalized spacial score (nSPS) is 10.9. The summed E-state index contributed by atoms with van der Waals surface area (Å²) in [5, 5.41) is 11.3. The van der Waals surface area contributed by atoms with Crippen LogP contribution in [-0.4, -0.2) is 19.6 Å². The summed E-state index contributed by atoms with van der Waals surface area (Å²) in [5.41, 5.74) is 4.32. The smallest absolute Gasteiger partial charge is 0.256 e. The molecule has 2 aromatic heterocycles. The number of hydrogen-bond donors (Lipinski definition) is 1. The first-order valence-corrected chi connectivity index (χ1v) is 6.16. The van der Waals surface area contributed by atoms with E-state index in [1.165, 1.54) is 5.56 Å². The van der Waals surface area contributed by atoms with Crippen molar-refractivity contribution < 1.29 is 0 Å². The lowest BCUT2D eigenvalue weighted by Crippen LogP contribution is -2.04. The Morgan fingerprint density at radius 3 is 2.53 bits per heavy atom. The highest BCUT2D eigenvalue weighted by molar-refractivity contribution is 5.62. The zero-order valence-electron chi connectivity index (χ0n) is 11.2. The summed E-state index contributed by atoms with van der Waals surface area (Å²) >= 11 is 0. The predicted molar refractivity (Wildman–Crippen MR) is 74.7 cm³/mol. The van der Waals surface area contributed by atoms with E-state index >= 15 is 0 Å². The summed E-state index contributed by atoms with van der Waals surface area (Å²) in [4.78, 5) is 4.40. The molecule has 0 aliphatic rings. The molecule has 0 atom stereocenters. The van der Waals surface area contributed by atoms with E-state index in [1.807, 2.05) is 18.2 Å². The van der Waals surface area contributed by atoms with Crippen LogP contribution < -0.4 is 5.32 Å². The standard InChI is InChI=1S/C14H15N5/c1-9-4-6-12(7-5-9)17-13-10(2)11(3)16-14-18-15-8-19(13)14/h4-8,17H,1-3H3. The molecule has 0 aliphatic heterocycles. The van der Waals surface area contributed by atoms with Gasteiger partial charge in [-0.2, -0.15) is 0 Å². The minimum absolute atomic E-state index is 0.609. The maximum atomic E-state index is 4.40. The molecule has 0 amide bonds. The SMILES string of the molecule is Cc1ccc(Nc2c(C)c(C)nc3nncn23)cc1. The van der Waals surface area contributed by atoms with Crippen LogP contribution in [0.25, 0.3) is 5.78 Å². The Balaban J connectivity index is 2.11. The van der Waals surface area contributed by atoms with Crippen LogP contribution >= 0.6 is 0 Å². The van der Waals surface area contributed by atoms with Crippen LogP contribution in [0.5, 0.6) is 0 Å². The molecule has 0 radical (unpaired) electrons. The topological polar surface area (TPSA) is 55.1 Å². The molecule has 5 heteroatoms. The van der Waals surface area contributed by atoms with Gasteiger partial charge in [0.1, 0.15) is 12.1 Å². The van der Waals surface area contributed by atoms with E-state index in [9.17, 15) is 0 Å². The minimum atomic E-state index is 0.609. The van der Waals surface area contributed by atoms with Crippen LogP contribution in [0.2, 0.25) is 0 Å². The summed E-state index contributed by atoms with van der Waals surface area (Å²) in [7, 11) is 0. The van der Waals surface area contributed by atoms with Crippen LogP contribution in [0.3, 0.4) is 0 Å². The first kappa shape index (κ1) is 11.6.